The zero-order chi connectivity index (χ0) is 17.9. The van der Waals surface area contributed by atoms with Crippen LogP contribution in [0.5, 0.6) is 11.5 Å². The highest BCUT2D eigenvalue weighted by Crippen LogP contribution is 2.30. The van der Waals surface area contributed by atoms with Crippen LogP contribution in [-0.2, 0) is 4.74 Å². The molecule has 1 aliphatic rings. The average molecular weight is 475 g/mol. The van der Waals surface area contributed by atoms with Gasteiger partial charge in [0.05, 0.1) is 26.9 Å². The van der Waals surface area contributed by atoms with Gasteiger partial charge in [-0.2, -0.15) is 0 Å². The van der Waals surface area contributed by atoms with Gasteiger partial charge in [-0.25, -0.2) is 0 Å². The monoisotopic (exact) mass is 475 g/mol. The van der Waals surface area contributed by atoms with Crippen molar-refractivity contribution in [3.63, 3.8) is 0 Å². The first-order valence-corrected chi connectivity index (χ1v) is 8.88. The molecule has 0 spiro atoms. The van der Waals surface area contributed by atoms with Gasteiger partial charge in [-0.05, 0) is 38.8 Å². The van der Waals surface area contributed by atoms with E-state index in [9.17, 15) is 0 Å². The Bertz CT molecular complexity index is 606. The number of hydrogen-bond donors (Lipinski definition) is 2. The first-order valence-electron chi connectivity index (χ1n) is 8.88. The number of aliphatic imine (C=N–C) groups is 1. The smallest absolute Gasteiger partial charge is 0.195 e. The standard InChI is InChI=1S/C19H29N3O3.HI/c1-4-20-19(21-11-8-15-9-12-24-13-10-15)22-16-6-7-17(23-3)18(14-16)25-5-2;/h6-7,9,14H,4-5,8,10-13H2,1-3H3,(H2,20,21,22);1H. The van der Waals surface area contributed by atoms with Crippen molar-refractivity contribution in [1.29, 1.82) is 0 Å². The average Bonchev–Trinajstić information content (AvgIpc) is 2.63. The number of hydrogen-bond acceptors (Lipinski definition) is 4. The summed E-state index contributed by atoms with van der Waals surface area (Å²) in [6.45, 7) is 7.69. The number of anilines is 1. The van der Waals surface area contributed by atoms with Crippen LogP contribution in [0.15, 0.2) is 34.8 Å². The number of nitrogens with zero attached hydrogens (tertiary/aromatic N) is 1. The number of ether oxygens (including phenoxy) is 3. The second-order valence-corrected chi connectivity index (χ2v) is 5.62. The largest absolute Gasteiger partial charge is 0.493 e. The lowest BCUT2D eigenvalue weighted by molar-refractivity contribution is 0.153. The summed E-state index contributed by atoms with van der Waals surface area (Å²) in [4.78, 5) is 4.66. The number of methoxy groups -OCH3 is 1. The zero-order valence-electron chi connectivity index (χ0n) is 15.8. The number of halogens is 1. The zero-order valence-corrected chi connectivity index (χ0v) is 18.2. The summed E-state index contributed by atoms with van der Waals surface area (Å²) in [6.07, 6.45) is 4.14. The van der Waals surface area contributed by atoms with E-state index in [0.717, 1.165) is 62.3 Å². The molecule has 2 N–H and O–H groups in total. The van der Waals surface area contributed by atoms with Crippen molar-refractivity contribution in [2.45, 2.75) is 26.7 Å². The molecule has 2 rings (SSSR count). The van der Waals surface area contributed by atoms with Crippen LogP contribution in [0.3, 0.4) is 0 Å². The number of benzene rings is 1. The summed E-state index contributed by atoms with van der Waals surface area (Å²) >= 11 is 0. The molecule has 0 saturated carbocycles. The lowest BCUT2D eigenvalue weighted by Gasteiger charge is -2.15. The SMILES string of the molecule is CCNC(=NCCC1=CCOCC1)Nc1ccc(OC)c(OCC)c1.I. The molecular weight excluding hydrogens is 445 g/mol. The molecule has 0 radical (unpaired) electrons. The van der Waals surface area contributed by atoms with Gasteiger partial charge in [0.2, 0.25) is 0 Å². The van der Waals surface area contributed by atoms with Crippen LogP contribution in [0.1, 0.15) is 26.7 Å². The topological polar surface area (TPSA) is 64.1 Å². The fourth-order valence-corrected chi connectivity index (χ4v) is 2.57. The number of nitrogens with one attached hydrogen (secondary N) is 2. The van der Waals surface area contributed by atoms with Gasteiger partial charge in [-0.15, -0.1) is 24.0 Å². The lowest BCUT2D eigenvalue weighted by atomic mass is 10.1. The molecule has 1 aliphatic heterocycles. The van der Waals surface area contributed by atoms with E-state index < -0.39 is 0 Å². The van der Waals surface area contributed by atoms with E-state index in [2.05, 4.69) is 28.6 Å². The molecule has 146 valence electrons. The molecular formula is C19H30IN3O3. The fourth-order valence-electron chi connectivity index (χ4n) is 2.57. The van der Waals surface area contributed by atoms with Gasteiger partial charge in [-0.1, -0.05) is 11.6 Å². The van der Waals surface area contributed by atoms with Crippen molar-refractivity contribution in [3.8, 4) is 11.5 Å². The maximum absolute atomic E-state index is 5.63. The van der Waals surface area contributed by atoms with Gasteiger partial charge in [0.15, 0.2) is 17.5 Å². The molecule has 7 heteroatoms. The maximum Gasteiger partial charge on any atom is 0.195 e. The van der Waals surface area contributed by atoms with Crippen molar-refractivity contribution in [2.75, 3.05) is 45.3 Å². The summed E-state index contributed by atoms with van der Waals surface area (Å²) in [5.74, 6) is 2.21. The van der Waals surface area contributed by atoms with E-state index in [4.69, 9.17) is 14.2 Å². The van der Waals surface area contributed by atoms with E-state index in [-0.39, 0.29) is 24.0 Å². The Balaban J connectivity index is 0.00000338. The Kier molecular flexibility index (Phi) is 11.1. The second kappa shape index (κ2) is 12.8. The lowest BCUT2D eigenvalue weighted by Crippen LogP contribution is -2.30. The van der Waals surface area contributed by atoms with E-state index in [0.29, 0.717) is 6.61 Å². The molecule has 0 aromatic heterocycles. The minimum atomic E-state index is 0. The third kappa shape index (κ3) is 7.41. The third-order valence-corrected chi connectivity index (χ3v) is 3.83. The predicted octanol–water partition coefficient (Wildman–Crippen LogP) is 3.83. The van der Waals surface area contributed by atoms with Crippen LogP contribution >= 0.6 is 24.0 Å². The minimum absolute atomic E-state index is 0. The van der Waals surface area contributed by atoms with Gasteiger partial charge in [-0.3, -0.25) is 4.99 Å². The van der Waals surface area contributed by atoms with Crippen molar-refractivity contribution < 1.29 is 14.2 Å². The molecule has 0 atom stereocenters. The summed E-state index contributed by atoms with van der Waals surface area (Å²) < 4.78 is 16.3. The Morgan fingerprint density at radius 3 is 2.77 bits per heavy atom. The van der Waals surface area contributed by atoms with Gasteiger partial charge in [0.1, 0.15) is 0 Å². The molecule has 0 bridgehead atoms. The molecule has 0 saturated heterocycles. The Hall–Kier alpha value is -1.48. The second-order valence-electron chi connectivity index (χ2n) is 5.62. The van der Waals surface area contributed by atoms with Crippen molar-refractivity contribution >= 4 is 35.6 Å². The highest BCUT2D eigenvalue weighted by atomic mass is 127. The summed E-state index contributed by atoms with van der Waals surface area (Å²) in [6, 6.07) is 5.77. The maximum atomic E-state index is 5.63. The van der Waals surface area contributed by atoms with Crippen LogP contribution < -0.4 is 20.1 Å². The predicted molar refractivity (Wildman–Crippen MR) is 117 cm³/mol. The van der Waals surface area contributed by atoms with Crippen LogP contribution in [0.4, 0.5) is 5.69 Å². The van der Waals surface area contributed by atoms with E-state index in [1.807, 2.05) is 25.1 Å². The summed E-state index contributed by atoms with van der Waals surface area (Å²) in [7, 11) is 1.64. The summed E-state index contributed by atoms with van der Waals surface area (Å²) in [5.41, 5.74) is 2.34. The van der Waals surface area contributed by atoms with Crippen LogP contribution in [0.2, 0.25) is 0 Å². The third-order valence-electron chi connectivity index (χ3n) is 3.83. The molecule has 0 aliphatic carbocycles. The highest BCUT2D eigenvalue weighted by Gasteiger charge is 2.07. The Morgan fingerprint density at radius 2 is 2.12 bits per heavy atom. The van der Waals surface area contributed by atoms with Gasteiger partial charge in [0.25, 0.3) is 0 Å². The first kappa shape index (κ1) is 22.6. The molecule has 0 unspecified atom stereocenters. The molecule has 1 aromatic rings. The van der Waals surface area contributed by atoms with E-state index >= 15 is 0 Å². The molecule has 1 aromatic carbocycles. The van der Waals surface area contributed by atoms with Crippen molar-refractivity contribution in [3.05, 3.63) is 29.8 Å². The minimum Gasteiger partial charge on any atom is -0.493 e. The van der Waals surface area contributed by atoms with Crippen molar-refractivity contribution in [2.24, 2.45) is 4.99 Å². The number of rotatable bonds is 8. The summed E-state index contributed by atoms with van der Waals surface area (Å²) in [5, 5.41) is 6.60. The molecule has 26 heavy (non-hydrogen) atoms. The Labute approximate surface area is 173 Å². The van der Waals surface area contributed by atoms with Gasteiger partial charge < -0.3 is 24.8 Å². The molecule has 0 amide bonds. The van der Waals surface area contributed by atoms with Crippen LogP contribution in [-0.4, -0.2) is 46.0 Å². The van der Waals surface area contributed by atoms with Gasteiger partial charge in [0, 0.05) is 24.8 Å². The quantitative estimate of drug-likeness (QED) is 0.259. The van der Waals surface area contributed by atoms with Crippen molar-refractivity contribution in [1.82, 2.24) is 5.32 Å². The Morgan fingerprint density at radius 1 is 1.27 bits per heavy atom. The van der Waals surface area contributed by atoms with Gasteiger partial charge >= 0.3 is 0 Å². The molecule has 1 heterocycles. The van der Waals surface area contributed by atoms with Crippen LogP contribution in [0.25, 0.3) is 0 Å². The van der Waals surface area contributed by atoms with Crippen LogP contribution in [0, 0.1) is 0 Å². The molecule has 6 nitrogen and oxygen atoms in total. The van der Waals surface area contributed by atoms with E-state index in [1.165, 1.54) is 5.57 Å². The fraction of sp³-hybridized carbons (Fsp3) is 0.526. The van der Waals surface area contributed by atoms with E-state index in [1.54, 1.807) is 7.11 Å². The normalized spacial score (nSPS) is 14.1. The molecule has 0 fully saturated rings. The number of guanidine groups is 1. The highest BCUT2D eigenvalue weighted by molar-refractivity contribution is 14.0. The first-order chi connectivity index (χ1) is 12.3.